The minimum absolute atomic E-state index is 0.0704. The molecule has 0 spiro atoms. The van der Waals surface area contributed by atoms with Crippen LogP contribution in [0.2, 0.25) is 10.0 Å². The standard InChI is InChI=1S/C13H11Cl2N7/c14-8-2-1-6(3-9(8)15)18-4-7-5-19-12-10(20-7)11(16)21-13(17)22-12/h1-3,5,18H,4H2,(H4,16,17,19,21,22). The molecule has 0 fully saturated rings. The van der Waals surface area contributed by atoms with Gasteiger partial charge in [0.2, 0.25) is 5.95 Å². The molecule has 7 nitrogen and oxygen atoms in total. The first-order chi connectivity index (χ1) is 10.5. The molecule has 0 bridgehead atoms. The second kappa shape index (κ2) is 5.78. The van der Waals surface area contributed by atoms with E-state index >= 15 is 0 Å². The lowest BCUT2D eigenvalue weighted by Crippen LogP contribution is -2.07. The number of rotatable bonds is 3. The summed E-state index contributed by atoms with van der Waals surface area (Å²) in [6.07, 6.45) is 1.60. The second-order valence-corrected chi connectivity index (χ2v) is 5.30. The molecule has 2 heterocycles. The predicted octanol–water partition coefficient (Wildman–Crippen LogP) is 2.50. The highest BCUT2D eigenvalue weighted by atomic mass is 35.5. The number of fused-ring (bicyclic) bond motifs is 1. The van der Waals surface area contributed by atoms with Crippen molar-refractivity contribution in [2.24, 2.45) is 0 Å². The Bertz CT molecular complexity index is 853. The lowest BCUT2D eigenvalue weighted by Gasteiger charge is -2.08. The van der Waals surface area contributed by atoms with E-state index in [4.69, 9.17) is 34.7 Å². The molecule has 112 valence electrons. The SMILES string of the molecule is Nc1nc(N)c2nc(CNc3ccc(Cl)c(Cl)c3)cnc2n1. The Labute approximate surface area is 135 Å². The highest BCUT2D eigenvalue weighted by molar-refractivity contribution is 6.42. The molecule has 0 saturated carbocycles. The van der Waals surface area contributed by atoms with Gasteiger partial charge in [0.1, 0.15) is 0 Å². The minimum atomic E-state index is 0.0704. The molecule has 3 rings (SSSR count). The summed E-state index contributed by atoms with van der Waals surface area (Å²) in [5.74, 6) is 0.271. The molecule has 0 saturated heterocycles. The van der Waals surface area contributed by atoms with Gasteiger partial charge in [-0.25, -0.2) is 9.97 Å². The molecule has 9 heteroatoms. The zero-order valence-electron chi connectivity index (χ0n) is 11.2. The van der Waals surface area contributed by atoms with Crippen molar-refractivity contribution in [2.75, 3.05) is 16.8 Å². The Morgan fingerprint density at radius 2 is 1.86 bits per heavy atom. The summed E-state index contributed by atoms with van der Waals surface area (Å²) in [6.45, 7) is 0.435. The number of halogens is 2. The summed E-state index contributed by atoms with van der Waals surface area (Å²) in [7, 11) is 0. The van der Waals surface area contributed by atoms with Crippen molar-refractivity contribution in [1.29, 1.82) is 0 Å². The number of nitrogens with two attached hydrogens (primary N) is 2. The van der Waals surface area contributed by atoms with Crippen LogP contribution in [0.15, 0.2) is 24.4 Å². The van der Waals surface area contributed by atoms with Gasteiger partial charge in [0.25, 0.3) is 0 Å². The van der Waals surface area contributed by atoms with Crippen molar-refractivity contribution in [3.8, 4) is 0 Å². The second-order valence-electron chi connectivity index (χ2n) is 4.48. The van der Waals surface area contributed by atoms with E-state index in [9.17, 15) is 0 Å². The van der Waals surface area contributed by atoms with Gasteiger partial charge in [0, 0.05) is 5.69 Å². The first-order valence-electron chi connectivity index (χ1n) is 6.26. The van der Waals surface area contributed by atoms with E-state index in [2.05, 4.69) is 25.3 Å². The summed E-state index contributed by atoms with van der Waals surface area (Å²) in [5.41, 5.74) is 13.6. The number of benzene rings is 1. The number of hydrogen-bond acceptors (Lipinski definition) is 7. The van der Waals surface area contributed by atoms with Gasteiger partial charge in [-0.05, 0) is 18.2 Å². The zero-order chi connectivity index (χ0) is 15.7. The molecule has 2 aromatic heterocycles. The lowest BCUT2D eigenvalue weighted by atomic mass is 10.3. The number of nitrogens with zero attached hydrogens (tertiary/aromatic N) is 4. The number of anilines is 3. The monoisotopic (exact) mass is 335 g/mol. The van der Waals surface area contributed by atoms with E-state index in [-0.39, 0.29) is 11.8 Å². The molecule has 5 N–H and O–H groups in total. The third-order valence-electron chi connectivity index (χ3n) is 2.89. The quantitative estimate of drug-likeness (QED) is 0.673. The van der Waals surface area contributed by atoms with E-state index in [1.54, 1.807) is 18.3 Å². The third-order valence-corrected chi connectivity index (χ3v) is 3.63. The number of nitrogen functional groups attached to an aromatic ring is 2. The average molecular weight is 336 g/mol. The van der Waals surface area contributed by atoms with Crippen LogP contribution in [-0.4, -0.2) is 19.9 Å². The lowest BCUT2D eigenvalue weighted by molar-refractivity contribution is 1.03. The average Bonchev–Trinajstić information content (AvgIpc) is 2.48. The molecule has 0 unspecified atom stereocenters. The van der Waals surface area contributed by atoms with Crippen molar-refractivity contribution in [3.63, 3.8) is 0 Å². The van der Waals surface area contributed by atoms with Gasteiger partial charge in [-0.1, -0.05) is 23.2 Å². The summed E-state index contributed by atoms with van der Waals surface area (Å²) >= 11 is 11.8. The van der Waals surface area contributed by atoms with Crippen molar-refractivity contribution >= 4 is 51.8 Å². The number of aromatic nitrogens is 4. The summed E-state index contributed by atoms with van der Waals surface area (Å²) in [5, 5.41) is 4.15. The largest absolute Gasteiger partial charge is 0.382 e. The Morgan fingerprint density at radius 1 is 1.05 bits per heavy atom. The van der Waals surface area contributed by atoms with Crippen molar-refractivity contribution in [1.82, 2.24) is 19.9 Å². The molecular weight excluding hydrogens is 325 g/mol. The Morgan fingerprint density at radius 3 is 2.64 bits per heavy atom. The first-order valence-corrected chi connectivity index (χ1v) is 7.02. The van der Waals surface area contributed by atoms with Crippen LogP contribution in [0.4, 0.5) is 17.5 Å². The molecule has 22 heavy (non-hydrogen) atoms. The maximum Gasteiger partial charge on any atom is 0.224 e. The van der Waals surface area contributed by atoms with Gasteiger partial charge in [0.05, 0.1) is 28.5 Å². The van der Waals surface area contributed by atoms with Crippen LogP contribution in [0.5, 0.6) is 0 Å². The summed E-state index contributed by atoms with van der Waals surface area (Å²) < 4.78 is 0. The normalized spacial score (nSPS) is 10.8. The zero-order valence-corrected chi connectivity index (χ0v) is 12.7. The van der Waals surface area contributed by atoms with Crippen molar-refractivity contribution < 1.29 is 0 Å². The van der Waals surface area contributed by atoms with Gasteiger partial charge in [-0.15, -0.1) is 0 Å². The Kier molecular flexibility index (Phi) is 3.82. The molecule has 0 amide bonds. The fourth-order valence-corrected chi connectivity index (χ4v) is 2.16. The van der Waals surface area contributed by atoms with Crippen LogP contribution in [0.3, 0.4) is 0 Å². The van der Waals surface area contributed by atoms with E-state index < -0.39 is 0 Å². The van der Waals surface area contributed by atoms with Crippen LogP contribution < -0.4 is 16.8 Å². The molecule has 3 aromatic rings. The number of nitrogens with one attached hydrogen (secondary N) is 1. The van der Waals surface area contributed by atoms with Crippen LogP contribution >= 0.6 is 23.2 Å². The molecule has 0 aliphatic carbocycles. The van der Waals surface area contributed by atoms with Crippen LogP contribution in [0, 0.1) is 0 Å². The topological polar surface area (TPSA) is 116 Å². The highest BCUT2D eigenvalue weighted by Gasteiger charge is 2.07. The van der Waals surface area contributed by atoms with Gasteiger partial charge in [-0.3, -0.25) is 0 Å². The van der Waals surface area contributed by atoms with E-state index in [0.29, 0.717) is 33.4 Å². The minimum Gasteiger partial charge on any atom is -0.382 e. The molecule has 1 aromatic carbocycles. The van der Waals surface area contributed by atoms with Crippen molar-refractivity contribution in [2.45, 2.75) is 6.54 Å². The first kappa shape index (κ1) is 14.6. The maximum absolute atomic E-state index is 5.96. The predicted molar refractivity (Wildman–Crippen MR) is 87.7 cm³/mol. The molecule has 0 atom stereocenters. The van der Waals surface area contributed by atoms with Gasteiger partial charge in [0.15, 0.2) is 17.0 Å². The molecule has 0 aliphatic heterocycles. The smallest absolute Gasteiger partial charge is 0.224 e. The van der Waals surface area contributed by atoms with Gasteiger partial charge < -0.3 is 16.8 Å². The summed E-state index contributed by atoms with van der Waals surface area (Å²) in [4.78, 5) is 16.4. The fraction of sp³-hybridized carbons (Fsp3) is 0.0769. The van der Waals surface area contributed by atoms with E-state index in [1.165, 1.54) is 0 Å². The molecular formula is C13H11Cl2N7. The van der Waals surface area contributed by atoms with Gasteiger partial charge in [-0.2, -0.15) is 9.97 Å². The maximum atomic E-state index is 5.96. The summed E-state index contributed by atoms with van der Waals surface area (Å²) in [6, 6.07) is 5.27. The van der Waals surface area contributed by atoms with Crippen molar-refractivity contribution in [3.05, 3.63) is 40.1 Å². The molecule has 0 radical (unpaired) electrons. The highest BCUT2D eigenvalue weighted by Crippen LogP contribution is 2.25. The Hall–Kier alpha value is -2.38. The third kappa shape index (κ3) is 2.95. The number of hydrogen-bond donors (Lipinski definition) is 3. The van der Waals surface area contributed by atoms with Crippen LogP contribution in [0.1, 0.15) is 5.69 Å². The van der Waals surface area contributed by atoms with Crippen LogP contribution in [0.25, 0.3) is 11.2 Å². The fourth-order valence-electron chi connectivity index (χ4n) is 1.87. The Balaban J connectivity index is 1.83. The molecule has 0 aliphatic rings. The van der Waals surface area contributed by atoms with E-state index in [1.807, 2.05) is 6.07 Å². The van der Waals surface area contributed by atoms with Gasteiger partial charge >= 0.3 is 0 Å². The van der Waals surface area contributed by atoms with Crippen LogP contribution in [-0.2, 0) is 6.54 Å². The van der Waals surface area contributed by atoms with E-state index in [0.717, 1.165) is 5.69 Å².